The van der Waals surface area contributed by atoms with Crippen molar-refractivity contribution >= 4 is 63.2 Å². The molecule has 2 aromatic heterocycles. The number of thiophene rings is 1. The highest BCUT2D eigenvalue weighted by Gasteiger charge is 2.28. The third kappa shape index (κ3) is 5.94. The zero-order valence-electron chi connectivity index (χ0n) is 19.2. The molecule has 1 aromatic carbocycles. The van der Waals surface area contributed by atoms with Gasteiger partial charge in [-0.15, -0.1) is 21.5 Å². The first kappa shape index (κ1) is 25.8. The van der Waals surface area contributed by atoms with Crippen molar-refractivity contribution in [1.29, 1.82) is 0 Å². The maximum Gasteiger partial charge on any atom is 0.341 e. The molecule has 0 saturated heterocycles. The van der Waals surface area contributed by atoms with Gasteiger partial charge in [0.15, 0.2) is 11.0 Å². The molecule has 3 aromatic rings. The number of nitrogens with one attached hydrogen (secondary N) is 1. The van der Waals surface area contributed by atoms with Crippen LogP contribution in [0.25, 0.3) is 0 Å². The lowest BCUT2D eigenvalue weighted by Crippen LogP contribution is -2.17. The lowest BCUT2D eigenvalue weighted by Gasteiger charge is -2.10. The van der Waals surface area contributed by atoms with E-state index in [1.807, 2.05) is 11.5 Å². The number of rotatable bonds is 10. The number of ether oxygens (including phenoxy) is 2. The molecule has 0 saturated carbocycles. The molecule has 0 radical (unpaired) electrons. The maximum atomic E-state index is 12.7. The van der Waals surface area contributed by atoms with Gasteiger partial charge < -0.3 is 19.4 Å². The Labute approximate surface area is 221 Å². The van der Waals surface area contributed by atoms with Crippen LogP contribution in [0.3, 0.4) is 0 Å². The summed E-state index contributed by atoms with van der Waals surface area (Å²) < 4.78 is 12.9. The van der Waals surface area contributed by atoms with E-state index in [0.717, 1.165) is 29.7 Å². The quantitative estimate of drug-likeness (QED) is 0.256. The molecule has 186 valence electrons. The van der Waals surface area contributed by atoms with Crippen molar-refractivity contribution in [1.82, 2.24) is 14.8 Å². The molecule has 4 rings (SSSR count). The molecule has 1 N–H and O–H groups in total. The summed E-state index contributed by atoms with van der Waals surface area (Å²) in [6, 6.07) is 4.99. The van der Waals surface area contributed by atoms with Crippen molar-refractivity contribution in [2.75, 3.05) is 17.7 Å². The number of amides is 1. The Kier molecular flexibility index (Phi) is 8.59. The first-order valence-electron chi connectivity index (χ1n) is 11.1. The summed E-state index contributed by atoms with van der Waals surface area (Å²) in [6.07, 6.45) is 2.76. The molecule has 0 spiro atoms. The molecular weight excluding hydrogens is 531 g/mol. The van der Waals surface area contributed by atoms with Crippen LogP contribution in [0.1, 0.15) is 46.9 Å². The molecule has 0 atom stereocenters. The van der Waals surface area contributed by atoms with Gasteiger partial charge in [-0.05, 0) is 50.8 Å². The third-order valence-electron chi connectivity index (χ3n) is 5.35. The number of carbonyl (C=O) groups is 2. The van der Waals surface area contributed by atoms with Gasteiger partial charge in [0.2, 0.25) is 5.91 Å². The fourth-order valence-electron chi connectivity index (χ4n) is 3.78. The summed E-state index contributed by atoms with van der Waals surface area (Å²) >= 11 is 14.9. The van der Waals surface area contributed by atoms with Gasteiger partial charge in [-0.25, -0.2) is 4.79 Å². The van der Waals surface area contributed by atoms with E-state index in [4.69, 9.17) is 32.7 Å². The van der Waals surface area contributed by atoms with Crippen LogP contribution in [-0.2, 0) is 35.5 Å². The summed E-state index contributed by atoms with van der Waals surface area (Å²) in [5.74, 6) is 0.563. The van der Waals surface area contributed by atoms with Gasteiger partial charge in [0.25, 0.3) is 0 Å². The van der Waals surface area contributed by atoms with E-state index in [9.17, 15) is 9.59 Å². The number of hydrogen-bond donors (Lipinski definition) is 1. The van der Waals surface area contributed by atoms with E-state index in [1.54, 1.807) is 25.1 Å². The lowest BCUT2D eigenvalue weighted by atomic mass is 10.1. The van der Waals surface area contributed by atoms with Gasteiger partial charge in [0.1, 0.15) is 17.4 Å². The Morgan fingerprint density at radius 3 is 2.83 bits per heavy atom. The van der Waals surface area contributed by atoms with Crippen molar-refractivity contribution < 1.29 is 19.1 Å². The number of anilines is 1. The Bertz CT molecular complexity index is 1240. The van der Waals surface area contributed by atoms with Gasteiger partial charge in [-0.2, -0.15) is 0 Å². The summed E-state index contributed by atoms with van der Waals surface area (Å²) in [4.78, 5) is 26.4. The Morgan fingerprint density at radius 2 is 2.06 bits per heavy atom. The highest BCUT2D eigenvalue weighted by atomic mass is 35.5. The molecular formula is C23H24Cl2N4O4S2. The second-order valence-corrected chi connectivity index (χ2v) is 10.5. The lowest BCUT2D eigenvalue weighted by molar-refractivity contribution is -0.113. The normalized spacial score (nSPS) is 12.5. The summed E-state index contributed by atoms with van der Waals surface area (Å²) in [5.41, 5.74) is 1.50. The average molecular weight is 556 g/mol. The van der Waals surface area contributed by atoms with Crippen LogP contribution >= 0.6 is 46.3 Å². The van der Waals surface area contributed by atoms with Gasteiger partial charge in [0, 0.05) is 22.5 Å². The number of nitrogens with zero attached hydrogens (tertiary/aromatic N) is 3. The molecule has 1 aliphatic rings. The van der Waals surface area contributed by atoms with E-state index >= 15 is 0 Å². The third-order valence-corrected chi connectivity index (χ3v) is 8.07. The summed E-state index contributed by atoms with van der Waals surface area (Å²) in [5, 5.41) is 13.4. The van der Waals surface area contributed by atoms with Crippen molar-refractivity contribution in [3.63, 3.8) is 0 Å². The van der Waals surface area contributed by atoms with Crippen LogP contribution in [0.4, 0.5) is 5.00 Å². The number of hydrogen-bond acceptors (Lipinski definition) is 8. The van der Waals surface area contributed by atoms with E-state index in [1.165, 1.54) is 23.1 Å². The number of aryl methyl sites for hydroxylation is 1. The molecule has 0 bridgehead atoms. The van der Waals surface area contributed by atoms with Crippen LogP contribution in [0.5, 0.6) is 5.75 Å². The summed E-state index contributed by atoms with van der Waals surface area (Å²) in [6.45, 7) is 4.77. The van der Waals surface area contributed by atoms with Gasteiger partial charge in [-0.1, -0.05) is 35.0 Å². The average Bonchev–Trinajstić information content (AvgIpc) is 3.52. The molecule has 35 heavy (non-hydrogen) atoms. The van der Waals surface area contributed by atoms with Gasteiger partial charge in [0.05, 0.1) is 22.9 Å². The predicted molar refractivity (Wildman–Crippen MR) is 138 cm³/mol. The number of aromatic nitrogens is 3. The standard InChI is InChI=1S/C23H24Cl2N4O4S2/c1-3-29-18(11-33-16-10-13(24)8-9-15(16)25)27-28-23(29)34-12-19(30)26-21-20(22(31)32-4-2)14-6-5-7-17(14)35-21/h8-10H,3-7,11-12H2,1-2H3,(H,26,30). The van der Waals surface area contributed by atoms with Crippen LogP contribution < -0.4 is 10.1 Å². The van der Waals surface area contributed by atoms with Crippen molar-refractivity contribution in [3.8, 4) is 5.75 Å². The number of carbonyl (C=O) groups excluding carboxylic acids is 2. The monoisotopic (exact) mass is 554 g/mol. The van der Waals surface area contributed by atoms with E-state index in [-0.39, 0.29) is 30.8 Å². The van der Waals surface area contributed by atoms with E-state index < -0.39 is 0 Å². The Morgan fingerprint density at radius 1 is 1.23 bits per heavy atom. The fraction of sp³-hybridized carbons (Fsp3) is 0.391. The molecule has 0 fully saturated rings. The molecule has 1 aliphatic carbocycles. The fourth-order valence-corrected chi connectivity index (χ4v) is 6.23. The molecule has 2 heterocycles. The number of thioether (sulfide) groups is 1. The highest BCUT2D eigenvalue weighted by Crippen LogP contribution is 2.39. The first-order valence-corrected chi connectivity index (χ1v) is 13.7. The zero-order valence-corrected chi connectivity index (χ0v) is 22.4. The maximum absolute atomic E-state index is 12.7. The van der Waals surface area contributed by atoms with E-state index in [0.29, 0.717) is 43.9 Å². The van der Waals surface area contributed by atoms with Crippen molar-refractivity contribution in [2.45, 2.75) is 51.4 Å². The second-order valence-electron chi connectivity index (χ2n) is 7.63. The minimum absolute atomic E-state index is 0.115. The first-order chi connectivity index (χ1) is 16.9. The largest absolute Gasteiger partial charge is 0.484 e. The summed E-state index contributed by atoms with van der Waals surface area (Å²) in [7, 11) is 0. The molecule has 1 amide bonds. The zero-order chi connectivity index (χ0) is 24.9. The van der Waals surface area contributed by atoms with Gasteiger partial charge >= 0.3 is 5.97 Å². The smallest absolute Gasteiger partial charge is 0.341 e. The Balaban J connectivity index is 1.40. The predicted octanol–water partition coefficient (Wildman–Crippen LogP) is 5.64. The number of esters is 1. The highest BCUT2D eigenvalue weighted by molar-refractivity contribution is 7.99. The van der Waals surface area contributed by atoms with Gasteiger partial charge in [-0.3, -0.25) is 4.79 Å². The SMILES string of the molecule is CCOC(=O)c1c(NC(=O)CSc2nnc(COc3cc(Cl)ccc3Cl)n2CC)sc2c1CCC2. The second kappa shape index (κ2) is 11.6. The number of benzene rings is 1. The minimum atomic E-state index is -0.384. The van der Waals surface area contributed by atoms with Crippen molar-refractivity contribution in [2.24, 2.45) is 0 Å². The van der Waals surface area contributed by atoms with Crippen LogP contribution in [0, 0.1) is 0 Å². The molecule has 0 unspecified atom stereocenters. The topological polar surface area (TPSA) is 95.3 Å². The van der Waals surface area contributed by atoms with E-state index in [2.05, 4.69) is 15.5 Å². The minimum Gasteiger partial charge on any atom is -0.484 e. The molecule has 12 heteroatoms. The van der Waals surface area contributed by atoms with Crippen LogP contribution in [0.15, 0.2) is 23.4 Å². The van der Waals surface area contributed by atoms with Crippen LogP contribution in [-0.4, -0.2) is 39.0 Å². The molecule has 8 nitrogen and oxygen atoms in total. The number of halogens is 2. The van der Waals surface area contributed by atoms with Crippen LogP contribution in [0.2, 0.25) is 10.0 Å². The molecule has 0 aliphatic heterocycles. The Hall–Kier alpha value is -2.27. The number of fused-ring (bicyclic) bond motifs is 1. The van der Waals surface area contributed by atoms with Crippen molar-refractivity contribution in [3.05, 3.63) is 50.1 Å².